The van der Waals surface area contributed by atoms with Crippen molar-refractivity contribution in [3.8, 4) is 5.69 Å². The molecule has 1 aromatic heterocycles. The minimum atomic E-state index is -3.50. The Kier molecular flexibility index (Phi) is 8.30. The van der Waals surface area contributed by atoms with Gasteiger partial charge in [0, 0.05) is 28.2 Å². The number of anilines is 1. The van der Waals surface area contributed by atoms with E-state index >= 15 is 0 Å². The molecule has 0 spiro atoms. The summed E-state index contributed by atoms with van der Waals surface area (Å²) in [6.45, 7) is 12.4. The number of sulfonamides is 1. The average molecular weight is 557 g/mol. The largest absolute Gasteiger partial charge is 0.318 e. The van der Waals surface area contributed by atoms with Crippen molar-refractivity contribution >= 4 is 27.8 Å². The molecular weight excluding hydrogens is 520 g/mol. The van der Waals surface area contributed by atoms with Crippen LogP contribution in [0.2, 0.25) is 0 Å². The lowest BCUT2D eigenvalue weighted by Gasteiger charge is -2.23. The number of hydrogen-bond acceptors (Lipinski definition) is 4. The summed E-state index contributed by atoms with van der Waals surface area (Å²) in [5, 5.41) is 4.20. The highest BCUT2D eigenvalue weighted by atomic mass is 32.2. The van der Waals surface area contributed by atoms with Gasteiger partial charge in [0.05, 0.1) is 24.7 Å². The summed E-state index contributed by atoms with van der Waals surface area (Å²) < 4.78 is 28.6. The van der Waals surface area contributed by atoms with E-state index in [1.54, 1.807) is 30.5 Å². The maximum absolute atomic E-state index is 12.7. The second-order valence-electron chi connectivity index (χ2n) is 10.4. The first-order valence-corrected chi connectivity index (χ1v) is 14.9. The maximum Gasteiger partial charge on any atom is 0.271 e. The molecular formula is C32H36N4O3S. The Balaban J connectivity index is 1.45. The summed E-state index contributed by atoms with van der Waals surface area (Å²) in [7, 11) is -3.50. The topological polar surface area (TPSA) is 83.8 Å². The number of carbonyl (C=O) groups excluding carboxylic acids is 1. The fourth-order valence-electron chi connectivity index (χ4n) is 4.78. The minimum absolute atomic E-state index is 0.164. The Morgan fingerprint density at radius 2 is 1.57 bits per heavy atom. The van der Waals surface area contributed by atoms with Crippen molar-refractivity contribution in [2.24, 2.45) is 5.10 Å². The molecule has 3 aromatic carbocycles. The monoisotopic (exact) mass is 556 g/mol. The van der Waals surface area contributed by atoms with Gasteiger partial charge in [-0.15, -0.1) is 0 Å². The molecule has 0 bridgehead atoms. The predicted octanol–water partition coefficient (Wildman–Crippen LogP) is 6.06. The highest BCUT2D eigenvalue weighted by molar-refractivity contribution is 7.92. The fourth-order valence-corrected chi connectivity index (χ4v) is 5.66. The van der Waals surface area contributed by atoms with Crippen LogP contribution in [0.15, 0.2) is 71.8 Å². The number of nitrogens with one attached hydrogen (secondary N) is 1. The quantitative estimate of drug-likeness (QED) is 0.212. The lowest BCUT2D eigenvalue weighted by molar-refractivity contribution is 0.0955. The second kappa shape index (κ2) is 11.5. The molecule has 4 rings (SSSR count). The van der Waals surface area contributed by atoms with Crippen LogP contribution >= 0.6 is 0 Å². The van der Waals surface area contributed by atoms with Gasteiger partial charge < -0.3 is 4.57 Å². The van der Waals surface area contributed by atoms with Crippen LogP contribution in [-0.2, 0) is 16.6 Å². The third-order valence-corrected chi connectivity index (χ3v) is 8.29. The van der Waals surface area contributed by atoms with E-state index in [4.69, 9.17) is 0 Å². The van der Waals surface area contributed by atoms with Gasteiger partial charge in [-0.25, -0.2) is 13.8 Å². The standard InChI is InChI=1S/C32H36N4O3S/c1-21-8-15-31(24(4)16-21)36-25(5)18-29(26(36)6)19-33-34-32(37)28-12-10-27(11-13-28)20-35(40(7,38)39)30-14-9-22(2)23(3)17-30/h8-19H,20H2,1-7H3,(H,34,37)/b33-19-. The van der Waals surface area contributed by atoms with Crippen molar-refractivity contribution in [3.63, 3.8) is 0 Å². The predicted molar refractivity (Wildman–Crippen MR) is 163 cm³/mol. The van der Waals surface area contributed by atoms with Gasteiger partial charge in [0.15, 0.2) is 0 Å². The molecule has 208 valence electrons. The van der Waals surface area contributed by atoms with Crippen LogP contribution in [-0.4, -0.2) is 31.4 Å². The van der Waals surface area contributed by atoms with Gasteiger partial charge in [-0.1, -0.05) is 35.9 Å². The molecule has 7 nitrogen and oxygen atoms in total. The number of rotatable bonds is 8. The normalized spacial score (nSPS) is 11.7. The molecule has 40 heavy (non-hydrogen) atoms. The van der Waals surface area contributed by atoms with Crippen molar-refractivity contribution in [1.82, 2.24) is 9.99 Å². The molecule has 0 aliphatic carbocycles. The molecule has 4 aromatic rings. The van der Waals surface area contributed by atoms with E-state index < -0.39 is 10.0 Å². The van der Waals surface area contributed by atoms with Crippen LogP contribution in [0.5, 0.6) is 0 Å². The molecule has 0 aliphatic rings. The minimum Gasteiger partial charge on any atom is -0.318 e. The van der Waals surface area contributed by atoms with Crippen LogP contribution in [0.25, 0.3) is 5.69 Å². The number of hydrazone groups is 1. The maximum atomic E-state index is 12.7. The lowest BCUT2D eigenvalue weighted by Crippen LogP contribution is -2.29. The Morgan fingerprint density at radius 3 is 2.20 bits per heavy atom. The van der Waals surface area contributed by atoms with Gasteiger partial charge >= 0.3 is 0 Å². The van der Waals surface area contributed by atoms with Crippen molar-refractivity contribution in [2.45, 2.75) is 48.1 Å². The Morgan fingerprint density at radius 1 is 0.875 bits per heavy atom. The van der Waals surface area contributed by atoms with E-state index in [0.29, 0.717) is 11.3 Å². The molecule has 8 heteroatoms. The van der Waals surface area contributed by atoms with Crippen LogP contribution in [0.3, 0.4) is 0 Å². The summed E-state index contributed by atoms with van der Waals surface area (Å²) in [5.41, 5.74) is 13.1. The van der Waals surface area contributed by atoms with E-state index in [1.807, 2.05) is 45.0 Å². The van der Waals surface area contributed by atoms with Crippen LogP contribution < -0.4 is 9.73 Å². The zero-order valence-corrected chi connectivity index (χ0v) is 24.9. The van der Waals surface area contributed by atoms with Gasteiger partial charge in [0.2, 0.25) is 10.0 Å². The third-order valence-electron chi connectivity index (χ3n) is 7.15. The van der Waals surface area contributed by atoms with Gasteiger partial charge in [0.25, 0.3) is 5.91 Å². The van der Waals surface area contributed by atoms with Gasteiger partial charge in [-0.3, -0.25) is 9.10 Å². The SMILES string of the molecule is Cc1ccc(-n2c(C)cc(/C=N\NC(=O)c3ccc(CN(c4ccc(C)c(C)c4)S(C)(=O)=O)cc3)c2C)c(C)c1. The van der Waals surface area contributed by atoms with E-state index in [1.165, 1.54) is 21.7 Å². The van der Waals surface area contributed by atoms with Crippen LogP contribution in [0.4, 0.5) is 5.69 Å². The number of hydrogen-bond donors (Lipinski definition) is 1. The Labute approximate surface area is 237 Å². The molecule has 0 saturated carbocycles. The summed E-state index contributed by atoms with van der Waals surface area (Å²) in [6, 6.07) is 20.9. The molecule has 0 fully saturated rings. The molecule has 1 heterocycles. The summed E-state index contributed by atoms with van der Waals surface area (Å²) in [6.07, 6.45) is 2.85. The van der Waals surface area contributed by atoms with Gasteiger partial charge in [-0.05, 0) is 100 Å². The molecule has 0 saturated heterocycles. The number of aromatic nitrogens is 1. The molecule has 1 N–H and O–H groups in total. The number of amides is 1. The summed E-state index contributed by atoms with van der Waals surface area (Å²) in [4.78, 5) is 12.7. The Bertz CT molecular complexity index is 1700. The van der Waals surface area contributed by atoms with E-state index in [9.17, 15) is 13.2 Å². The second-order valence-corrected chi connectivity index (χ2v) is 12.3. The number of aryl methyl sites for hydroxylation is 5. The van der Waals surface area contributed by atoms with Gasteiger partial charge in [-0.2, -0.15) is 5.10 Å². The van der Waals surface area contributed by atoms with Crippen LogP contribution in [0.1, 0.15) is 55.1 Å². The number of benzene rings is 3. The molecule has 0 radical (unpaired) electrons. The van der Waals surface area contributed by atoms with Crippen molar-refractivity contribution in [2.75, 3.05) is 10.6 Å². The molecule has 0 atom stereocenters. The van der Waals surface area contributed by atoms with Crippen LogP contribution in [0, 0.1) is 41.5 Å². The van der Waals surface area contributed by atoms with E-state index in [2.05, 4.69) is 54.1 Å². The number of nitrogens with zero attached hydrogens (tertiary/aromatic N) is 3. The molecule has 0 aliphatic heterocycles. The first-order chi connectivity index (χ1) is 18.8. The van der Waals surface area contributed by atoms with Crippen molar-refractivity contribution < 1.29 is 13.2 Å². The van der Waals surface area contributed by atoms with E-state index in [-0.39, 0.29) is 12.5 Å². The Hall–Kier alpha value is -4.17. The number of carbonyl (C=O) groups is 1. The first kappa shape index (κ1) is 28.8. The molecule has 1 amide bonds. The van der Waals surface area contributed by atoms with E-state index in [0.717, 1.165) is 39.3 Å². The van der Waals surface area contributed by atoms with Crippen molar-refractivity contribution in [1.29, 1.82) is 0 Å². The highest BCUT2D eigenvalue weighted by Gasteiger charge is 2.19. The van der Waals surface area contributed by atoms with Crippen molar-refractivity contribution in [3.05, 3.63) is 117 Å². The summed E-state index contributed by atoms with van der Waals surface area (Å²) in [5.74, 6) is -0.347. The fraction of sp³-hybridized carbons (Fsp3) is 0.250. The summed E-state index contributed by atoms with van der Waals surface area (Å²) >= 11 is 0. The van der Waals surface area contributed by atoms with Gasteiger partial charge in [0.1, 0.15) is 0 Å². The lowest BCUT2D eigenvalue weighted by atomic mass is 10.1. The molecule has 0 unspecified atom stereocenters. The average Bonchev–Trinajstić information content (AvgIpc) is 3.16. The third kappa shape index (κ3) is 6.34. The smallest absolute Gasteiger partial charge is 0.271 e. The zero-order valence-electron chi connectivity index (χ0n) is 24.1. The zero-order chi connectivity index (χ0) is 29.2. The first-order valence-electron chi connectivity index (χ1n) is 13.1. The highest BCUT2D eigenvalue weighted by Crippen LogP contribution is 2.25.